The molecule has 0 aromatic carbocycles. The Labute approximate surface area is 78.3 Å². The molecule has 76 valence electrons. The van der Waals surface area contributed by atoms with E-state index in [-0.39, 0.29) is 0 Å². The summed E-state index contributed by atoms with van der Waals surface area (Å²) in [5, 5.41) is 11.6. The lowest BCUT2D eigenvalue weighted by Gasteiger charge is -2.23. The summed E-state index contributed by atoms with van der Waals surface area (Å²) >= 11 is 0. The fraction of sp³-hybridized carbons (Fsp3) is 0.889. The Kier molecular flexibility index (Phi) is 4.18. The van der Waals surface area contributed by atoms with Crippen molar-refractivity contribution in [2.45, 2.75) is 25.8 Å². The van der Waals surface area contributed by atoms with Crippen LogP contribution in [0.25, 0.3) is 0 Å². The van der Waals surface area contributed by atoms with Gasteiger partial charge in [-0.3, -0.25) is 4.79 Å². The normalized spacial score (nSPS) is 25.5. The van der Waals surface area contributed by atoms with Crippen molar-refractivity contribution in [3.05, 3.63) is 0 Å². The van der Waals surface area contributed by atoms with E-state index < -0.39 is 12.0 Å². The maximum Gasteiger partial charge on any atom is 0.320 e. The minimum atomic E-state index is -0.795. The summed E-state index contributed by atoms with van der Waals surface area (Å²) in [6.45, 7) is 4.02. The summed E-state index contributed by atoms with van der Waals surface area (Å²) in [6, 6.07) is -0.457. The van der Waals surface area contributed by atoms with Crippen LogP contribution in [0.15, 0.2) is 0 Å². The number of carbonyl (C=O) groups is 1. The van der Waals surface area contributed by atoms with Crippen LogP contribution in [0.5, 0.6) is 0 Å². The van der Waals surface area contributed by atoms with Gasteiger partial charge in [0.15, 0.2) is 0 Å². The predicted molar refractivity (Wildman–Crippen MR) is 48.6 cm³/mol. The maximum absolute atomic E-state index is 10.5. The minimum Gasteiger partial charge on any atom is -0.480 e. The van der Waals surface area contributed by atoms with Gasteiger partial charge in [-0.2, -0.15) is 0 Å². The molecule has 13 heavy (non-hydrogen) atoms. The summed E-state index contributed by atoms with van der Waals surface area (Å²) < 4.78 is 5.29. The molecule has 2 N–H and O–H groups in total. The molecule has 1 rings (SSSR count). The van der Waals surface area contributed by atoms with Crippen molar-refractivity contribution in [3.8, 4) is 0 Å². The van der Waals surface area contributed by atoms with Crippen molar-refractivity contribution in [2.24, 2.45) is 5.92 Å². The van der Waals surface area contributed by atoms with Crippen LogP contribution in [-0.4, -0.2) is 36.9 Å². The molecule has 0 amide bonds. The van der Waals surface area contributed by atoms with Gasteiger partial charge in [0.25, 0.3) is 0 Å². The van der Waals surface area contributed by atoms with Gasteiger partial charge in [-0.15, -0.1) is 0 Å². The Morgan fingerprint density at radius 3 is 3.08 bits per heavy atom. The van der Waals surface area contributed by atoms with Gasteiger partial charge in [0.1, 0.15) is 6.04 Å². The van der Waals surface area contributed by atoms with E-state index in [1.807, 2.05) is 0 Å². The van der Waals surface area contributed by atoms with E-state index in [4.69, 9.17) is 9.84 Å². The van der Waals surface area contributed by atoms with Crippen molar-refractivity contribution < 1.29 is 14.6 Å². The molecule has 0 aliphatic carbocycles. The SMILES string of the molecule is CC(NCC1CCCOC1)C(=O)O. The van der Waals surface area contributed by atoms with Gasteiger partial charge in [-0.1, -0.05) is 0 Å². The van der Waals surface area contributed by atoms with E-state index in [2.05, 4.69) is 5.32 Å². The molecule has 0 aromatic rings. The number of carboxylic acid groups (broad SMARTS) is 1. The first-order valence-electron chi connectivity index (χ1n) is 4.74. The average molecular weight is 187 g/mol. The van der Waals surface area contributed by atoms with Crippen LogP contribution >= 0.6 is 0 Å². The standard InChI is InChI=1S/C9H17NO3/c1-7(9(11)12)10-5-8-3-2-4-13-6-8/h7-8,10H,2-6H2,1H3,(H,11,12). The van der Waals surface area contributed by atoms with Crippen LogP contribution in [0.2, 0.25) is 0 Å². The molecule has 0 spiro atoms. The van der Waals surface area contributed by atoms with Crippen molar-refractivity contribution >= 4 is 5.97 Å². The van der Waals surface area contributed by atoms with Gasteiger partial charge in [0.05, 0.1) is 6.61 Å². The first kappa shape index (κ1) is 10.5. The molecule has 1 saturated heterocycles. The van der Waals surface area contributed by atoms with Crippen LogP contribution < -0.4 is 5.32 Å². The van der Waals surface area contributed by atoms with E-state index in [1.165, 1.54) is 0 Å². The number of carboxylic acids is 1. The van der Waals surface area contributed by atoms with Crippen molar-refractivity contribution in [2.75, 3.05) is 19.8 Å². The minimum absolute atomic E-state index is 0.457. The highest BCUT2D eigenvalue weighted by molar-refractivity contribution is 5.72. The second-order valence-electron chi connectivity index (χ2n) is 3.55. The molecular weight excluding hydrogens is 170 g/mol. The molecule has 1 fully saturated rings. The molecule has 2 atom stereocenters. The van der Waals surface area contributed by atoms with Crippen molar-refractivity contribution in [1.82, 2.24) is 5.32 Å². The quantitative estimate of drug-likeness (QED) is 0.672. The zero-order valence-electron chi connectivity index (χ0n) is 7.95. The van der Waals surface area contributed by atoms with E-state index in [0.717, 1.165) is 32.6 Å². The van der Waals surface area contributed by atoms with Gasteiger partial charge < -0.3 is 15.2 Å². The third-order valence-electron chi connectivity index (χ3n) is 2.34. The first-order chi connectivity index (χ1) is 6.20. The highest BCUT2D eigenvalue weighted by Crippen LogP contribution is 2.12. The summed E-state index contributed by atoms with van der Waals surface area (Å²) in [4.78, 5) is 10.5. The number of aliphatic carboxylic acids is 1. The largest absolute Gasteiger partial charge is 0.480 e. The van der Waals surface area contributed by atoms with Crippen LogP contribution in [0, 0.1) is 5.92 Å². The molecule has 0 aromatic heterocycles. The number of hydrogen-bond acceptors (Lipinski definition) is 3. The van der Waals surface area contributed by atoms with Crippen LogP contribution in [-0.2, 0) is 9.53 Å². The summed E-state index contributed by atoms with van der Waals surface area (Å²) in [5.74, 6) is -0.313. The van der Waals surface area contributed by atoms with Gasteiger partial charge in [-0.25, -0.2) is 0 Å². The lowest BCUT2D eigenvalue weighted by atomic mass is 10.0. The number of hydrogen-bond donors (Lipinski definition) is 2. The van der Waals surface area contributed by atoms with E-state index in [1.54, 1.807) is 6.92 Å². The highest BCUT2D eigenvalue weighted by atomic mass is 16.5. The molecule has 1 aliphatic rings. The predicted octanol–water partition coefficient (Wildman–Crippen LogP) is 0.476. The Bertz CT molecular complexity index is 166. The molecule has 0 radical (unpaired) electrons. The second kappa shape index (κ2) is 5.19. The van der Waals surface area contributed by atoms with Crippen LogP contribution in [0.4, 0.5) is 0 Å². The maximum atomic E-state index is 10.5. The van der Waals surface area contributed by atoms with Gasteiger partial charge in [0, 0.05) is 13.2 Å². The number of rotatable bonds is 4. The monoisotopic (exact) mass is 187 g/mol. The molecule has 1 heterocycles. The summed E-state index contributed by atoms with van der Waals surface area (Å²) in [6.07, 6.45) is 2.23. The second-order valence-corrected chi connectivity index (χ2v) is 3.55. The van der Waals surface area contributed by atoms with Gasteiger partial charge in [0.2, 0.25) is 0 Å². The molecule has 4 heteroatoms. The van der Waals surface area contributed by atoms with Crippen molar-refractivity contribution in [3.63, 3.8) is 0 Å². The zero-order valence-corrected chi connectivity index (χ0v) is 7.95. The molecule has 2 unspecified atom stereocenters. The fourth-order valence-corrected chi connectivity index (χ4v) is 1.40. The van der Waals surface area contributed by atoms with Crippen LogP contribution in [0.1, 0.15) is 19.8 Å². The molecule has 4 nitrogen and oxygen atoms in total. The third kappa shape index (κ3) is 3.74. The lowest BCUT2D eigenvalue weighted by Crippen LogP contribution is -2.38. The zero-order chi connectivity index (χ0) is 9.68. The average Bonchev–Trinajstić information content (AvgIpc) is 2.15. The molecule has 1 aliphatic heterocycles. The van der Waals surface area contributed by atoms with E-state index in [9.17, 15) is 4.79 Å². The van der Waals surface area contributed by atoms with E-state index >= 15 is 0 Å². The summed E-state index contributed by atoms with van der Waals surface area (Å²) in [5.41, 5.74) is 0. The van der Waals surface area contributed by atoms with E-state index in [0.29, 0.717) is 5.92 Å². The lowest BCUT2D eigenvalue weighted by molar-refractivity contribution is -0.139. The Morgan fingerprint density at radius 1 is 1.77 bits per heavy atom. The third-order valence-corrected chi connectivity index (χ3v) is 2.34. The highest BCUT2D eigenvalue weighted by Gasteiger charge is 2.16. The molecular formula is C9H17NO3. The topological polar surface area (TPSA) is 58.6 Å². The first-order valence-corrected chi connectivity index (χ1v) is 4.74. The number of ether oxygens (including phenoxy) is 1. The molecule has 0 bridgehead atoms. The Morgan fingerprint density at radius 2 is 2.54 bits per heavy atom. The fourth-order valence-electron chi connectivity index (χ4n) is 1.40. The Hall–Kier alpha value is -0.610. The molecule has 0 saturated carbocycles. The van der Waals surface area contributed by atoms with Crippen molar-refractivity contribution in [1.29, 1.82) is 0 Å². The van der Waals surface area contributed by atoms with Crippen LogP contribution in [0.3, 0.4) is 0 Å². The smallest absolute Gasteiger partial charge is 0.320 e. The Balaban J connectivity index is 2.13. The number of nitrogens with one attached hydrogen (secondary N) is 1. The van der Waals surface area contributed by atoms with Gasteiger partial charge >= 0.3 is 5.97 Å². The summed E-state index contributed by atoms with van der Waals surface area (Å²) in [7, 11) is 0. The van der Waals surface area contributed by atoms with Gasteiger partial charge in [-0.05, 0) is 25.7 Å².